The minimum absolute atomic E-state index is 0.311. The van der Waals surface area contributed by atoms with Crippen molar-refractivity contribution < 1.29 is 4.21 Å². The van der Waals surface area contributed by atoms with Crippen LogP contribution < -0.4 is 5.32 Å². The van der Waals surface area contributed by atoms with E-state index in [1.54, 1.807) is 0 Å². The summed E-state index contributed by atoms with van der Waals surface area (Å²) in [6.45, 7) is 9.69. The van der Waals surface area contributed by atoms with Crippen molar-refractivity contribution in [2.45, 2.75) is 51.8 Å². The van der Waals surface area contributed by atoms with Gasteiger partial charge in [-0.3, -0.25) is 4.21 Å². The van der Waals surface area contributed by atoms with Crippen molar-refractivity contribution in [3.05, 3.63) is 0 Å². The second-order valence-electron chi connectivity index (χ2n) is 4.77. The van der Waals surface area contributed by atoms with Gasteiger partial charge in [0.2, 0.25) is 0 Å². The zero-order valence-corrected chi connectivity index (χ0v) is 10.6. The molecule has 3 heteroatoms. The van der Waals surface area contributed by atoms with Gasteiger partial charge in [-0.15, -0.1) is 0 Å². The molecule has 0 saturated heterocycles. The van der Waals surface area contributed by atoms with Gasteiger partial charge in [-0.05, 0) is 24.8 Å². The first-order chi connectivity index (χ1) is 6.53. The van der Waals surface area contributed by atoms with Gasteiger partial charge in [0.15, 0.2) is 0 Å². The molecule has 0 amide bonds. The molecule has 3 atom stereocenters. The molecule has 0 spiro atoms. The Bertz CT molecular complexity index is 215. The van der Waals surface area contributed by atoms with E-state index in [9.17, 15) is 4.21 Å². The summed E-state index contributed by atoms with van der Waals surface area (Å²) in [7, 11) is -0.643. The van der Waals surface area contributed by atoms with Crippen LogP contribution in [0.1, 0.15) is 40.5 Å². The van der Waals surface area contributed by atoms with Crippen molar-refractivity contribution in [1.29, 1.82) is 0 Å². The van der Waals surface area contributed by atoms with E-state index in [0.717, 1.165) is 18.7 Å². The van der Waals surface area contributed by atoms with E-state index in [2.05, 4.69) is 26.1 Å². The fraction of sp³-hybridized carbons (Fsp3) is 1.00. The molecule has 1 aliphatic carbocycles. The predicted octanol–water partition coefficient (Wildman–Crippen LogP) is 1.92. The van der Waals surface area contributed by atoms with Crippen LogP contribution in [0, 0.1) is 5.41 Å². The molecule has 14 heavy (non-hydrogen) atoms. The standard InChI is InChI=1S/C11H23NOS/c1-5-12-10-9(14(13)6-2)7-8-11(10,3)4/h9-10,12H,5-8H2,1-4H3. The minimum atomic E-state index is -0.643. The maximum absolute atomic E-state index is 11.9. The van der Waals surface area contributed by atoms with Gasteiger partial charge in [0.1, 0.15) is 0 Å². The lowest BCUT2D eigenvalue weighted by atomic mass is 9.87. The monoisotopic (exact) mass is 217 g/mol. The van der Waals surface area contributed by atoms with Gasteiger partial charge < -0.3 is 5.32 Å². The van der Waals surface area contributed by atoms with Crippen molar-refractivity contribution in [2.75, 3.05) is 12.3 Å². The molecule has 1 rings (SSSR count). The number of nitrogens with one attached hydrogen (secondary N) is 1. The van der Waals surface area contributed by atoms with Crippen LogP contribution in [-0.4, -0.2) is 27.8 Å². The molecule has 0 aromatic heterocycles. The van der Waals surface area contributed by atoms with Crippen LogP contribution in [0.5, 0.6) is 0 Å². The maximum Gasteiger partial charge on any atom is 0.0506 e. The third-order valence-electron chi connectivity index (χ3n) is 3.33. The van der Waals surface area contributed by atoms with Gasteiger partial charge in [-0.25, -0.2) is 0 Å². The minimum Gasteiger partial charge on any atom is -0.313 e. The second-order valence-corrected chi connectivity index (χ2v) is 6.71. The summed E-state index contributed by atoms with van der Waals surface area (Å²) in [6, 6.07) is 0.438. The summed E-state index contributed by atoms with van der Waals surface area (Å²) in [4.78, 5) is 0. The first kappa shape index (κ1) is 12.2. The molecule has 84 valence electrons. The Hall–Kier alpha value is 0.110. The van der Waals surface area contributed by atoms with Crippen LogP contribution in [0.3, 0.4) is 0 Å². The quantitative estimate of drug-likeness (QED) is 0.779. The molecule has 0 radical (unpaired) electrons. The smallest absolute Gasteiger partial charge is 0.0506 e. The predicted molar refractivity (Wildman–Crippen MR) is 63.0 cm³/mol. The Morgan fingerprint density at radius 2 is 2.07 bits per heavy atom. The number of hydrogen-bond acceptors (Lipinski definition) is 2. The van der Waals surface area contributed by atoms with E-state index < -0.39 is 10.8 Å². The molecule has 0 aromatic carbocycles. The molecule has 1 fully saturated rings. The number of hydrogen-bond donors (Lipinski definition) is 1. The average molecular weight is 217 g/mol. The van der Waals surface area contributed by atoms with Crippen molar-refractivity contribution in [3.8, 4) is 0 Å². The molecular formula is C11H23NOS. The molecule has 0 aromatic rings. The fourth-order valence-corrected chi connectivity index (χ4v) is 4.04. The molecule has 0 heterocycles. The van der Waals surface area contributed by atoms with Crippen LogP contribution in [0.25, 0.3) is 0 Å². The summed E-state index contributed by atoms with van der Waals surface area (Å²) in [6.07, 6.45) is 2.31. The third-order valence-corrected chi connectivity index (χ3v) is 5.09. The molecule has 1 aliphatic rings. The van der Waals surface area contributed by atoms with Gasteiger partial charge >= 0.3 is 0 Å². The fourth-order valence-electron chi connectivity index (χ4n) is 2.46. The first-order valence-electron chi connectivity index (χ1n) is 5.63. The molecule has 1 N–H and O–H groups in total. The highest BCUT2D eigenvalue weighted by Gasteiger charge is 2.43. The zero-order valence-electron chi connectivity index (χ0n) is 9.80. The Labute approximate surface area is 90.3 Å². The van der Waals surface area contributed by atoms with Crippen LogP contribution in [0.4, 0.5) is 0 Å². The Kier molecular flexibility index (Phi) is 4.14. The maximum atomic E-state index is 11.9. The Morgan fingerprint density at radius 3 is 2.57 bits per heavy atom. The number of rotatable bonds is 4. The van der Waals surface area contributed by atoms with Crippen LogP contribution in [-0.2, 0) is 10.8 Å². The molecular weight excluding hydrogens is 194 g/mol. The molecule has 2 nitrogen and oxygen atoms in total. The second kappa shape index (κ2) is 4.75. The lowest BCUT2D eigenvalue weighted by molar-refractivity contribution is 0.289. The van der Waals surface area contributed by atoms with Crippen molar-refractivity contribution >= 4 is 10.8 Å². The van der Waals surface area contributed by atoms with Gasteiger partial charge in [0, 0.05) is 22.6 Å². The van der Waals surface area contributed by atoms with Crippen LogP contribution >= 0.6 is 0 Å². The highest BCUT2D eigenvalue weighted by Crippen LogP contribution is 2.39. The average Bonchev–Trinajstić information content (AvgIpc) is 2.43. The lowest BCUT2D eigenvalue weighted by Gasteiger charge is -2.30. The summed E-state index contributed by atoms with van der Waals surface area (Å²) < 4.78 is 11.9. The highest BCUT2D eigenvalue weighted by molar-refractivity contribution is 7.85. The SMILES string of the molecule is CCNC1C(S(=O)CC)CCC1(C)C. The lowest BCUT2D eigenvalue weighted by Crippen LogP contribution is -2.46. The summed E-state index contributed by atoms with van der Waals surface area (Å²) >= 11 is 0. The van der Waals surface area contributed by atoms with Gasteiger partial charge in [0.25, 0.3) is 0 Å². The first-order valence-corrected chi connectivity index (χ1v) is 7.01. The molecule has 3 unspecified atom stereocenters. The van der Waals surface area contributed by atoms with Crippen molar-refractivity contribution in [2.24, 2.45) is 5.41 Å². The van der Waals surface area contributed by atoms with Crippen molar-refractivity contribution in [1.82, 2.24) is 5.32 Å². The summed E-state index contributed by atoms with van der Waals surface area (Å²) in [5, 5.41) is 3.88. The zero-order chi connectivity index (χ0) is 10.8. The van der Waals surface area contributed by atoms with Crippen LogP contribution in [0.15, 0.2) is 0 Å². The van der Waals surface area contributed by atoms with E-state index in [-0.39, 0.29) is 0 Å². The van der Waals surface area contributed by atoms with E-state index in [1.165, 1.54) is 6.42 Å². The van der Waals surface area contributed by atoms with E-state index in [4.69, 9.17) is 0 Å². The molecule has 1 saturated carbocycles. The normalized spacial score (nSPS) is 33.1. The van der Waals surface area contributed by atoms with Crippen molar-refractivity contribution in [3.63, 3.8) is 0 Å². The molecule has 0 bridgehead atoms. The summed E-state index contributed by atoms with van der Waals surface area (Å²) in [5.74, 6) is 0.794. The molecule has 0 aliphatic heterocycles. The largest absolute Gasteiger partial charge is 0.313 e. The van der Waals surface area contributed by atoms with Crippen LogP contribution in [0.2, 0.25) is 0 Å². The van der Waals surface area contributed by atoms with Gasteiger partial charge in [0.05, 0.1) is 5.25 Å². The Balaban J connectivity index is 2.73. The summed E-state index contributed by atoms with van der Waals surface area (Å²) in [5.41, 5.74) is 0.311. The topological polar surface area (TPSA) is 29.1 Å². The van der Waals surface area contributed by atoms with E-state index in [0.29, 0.717) is 16.7 Å². The Morgan fingerprint density at radius 1 is 1.43 bits per heavy atom. The third kappa shape index (κ3) is 2.37. The van der Waals surface area contributed by atoms with Gasteiger partial charge in [-0.2, -0.15) is 0 Å². The van der Waals surface area contributed by atoms with Gasteiger partial charge in [-0.1, -0.05) is 27.7 Å². The van der Waals surface area contributed by atoms with E-state index >= 15 is 0 Å². The van der Waals surface area contributed by atoms with E-state index in [1.807, 2.05) is 6.92 Å². The highest BCUT2D eigenvalue weighted by atomic mass is 32.2.